The number of aromatic nitrogens is 6. The Kier molecular flexibility index (Phi) is 4.28. The molecule has 0 radical (unpaired) electrons. The van der Waals surface area contributed by atoms with Crippen molar-refractivity contribution in [1.29, 1.82) is 0 Å². The van der Waals surface area contributed by atoms with Crippen molar-refractivity contribution in [2.75, 3.05) is 11.6 Å². The van der Waals surface area contributed by atoms with Crippen molar-refractivity contribution in [3.05, 3.63) is 47.1 Å². The Morgan fingerprint density at radius 2 is 1.83 bits per heavy atom. The second-order valence-electron chi connectivity index (χ2n) is 7.46. The van der Waals surface area contributed by atoms with Crippen molar-refractivity contribution in [2.24, 2.45) is 0 Å². The van der Waals surface area contributed by atoms with E-state index in [0.29, 0.717) is 22.8 Å². The number of nitrogens with zero attached hydrogens (tertiary/aromatic N) is 6. The third-order valence-corrected chi connectivity index (χ3v) is 6.55. The Morgan fingerprint density at radius 1 is 1.10 bits per heavy atom. The zero-order chi connectivity index (χ0) is 20.9. The lowest BCUT2D eigenvalue weighted by Crippen LogP contribution is -2.27. The van der Waals surface area contributed by atoms with Crippen molar-refractivity contribution in [3.8, 4) is 0 Å². The Morgan fingerprint density at radius 3 is 2.53 bits per heavy atom. The quantitative estimate of drug-likeness (QED) is 0.527. The third-order valence-electron chi connectivity index (χ3n) is 5.42. The molecule has 10 nitrogen and oxygen atoms in total. The molecular weight excluding hydrogens is 406 g/mol. The van der Waals surface area contributed by atoms with Crippen LogP contribution in [0.4, 0.5) is 11.6 Å². The summed E-state index contributed by atoms with van der Waals surface area (Å²) < 4.78 is 26.6. The highest BCUT2D eigenvalue weighted by Gasteiger charge is 2.24. The van der Waals surface area contributed by atoms with Gasteiger partial charge in [0.05, 0.1) is 11.1 Å². The van der Waals surface area contributed by atoms with Crippen molar-refractivity contribution in [3.63, 3.8) is 0 Å². The predicted octanol–water partition coefficient (Wildman–Crippen LogP) is 2.10. The van der Waals surface area contributed by atoms with Crippen LogP contribution in [0.1, 0.15) is 31.7 Å². The second kappa shape index (κ2) is 6.87. The van der Waals surface area contributed by atoms with Gasteiger partial charge in [0, 0.05) is 18.0 Å². The van der Waals surface area contributed by atoms with E-state index in [1.807, 2.05) is 0 Å². The summed E-state index contributed by atoms with van der Waals surface area (Å²) in [5.74, 6) is 0.313. The van der Waals surface area contributed by atoms with Crippen LogP contribution in [-0.2, 0) is 9.84 Å². The van der Waals surface area contributed by atoms with E-state index in [1.165, 1.54) is 18.5 Å². The van der Waals surface area contributed by atoms with E-state index in [-0.39, 0.29) is 22.1 Å². The number of rotatable bonds is 4. The molecule has 1 aliphatic rings. The molecule has 5 rings (SSSR count). The maximum absolute atomic E-state index is 13.1. The SMILES string of the molecule is CS(=O)(=O)c1ccc(Nc2ncc3c(n2)n(C2CCCC2)c(=O)c2nncn23)cc1. The smallest absolute Gasteiger partial charge is 0.298 e. The highest BCUT2D eigenvalue weighted by Crippen LogP contribution is 2.30. The fraction of sp³-hybridized carbons (Fsp3) is 0.316. The lowest BCUT2D eigenvalue weighted by molar-refractivity contribution is 0.515. The zero-order valence-corrected chi connectivity index (χ0v) is 17.0. The van der Waals surface area contributed by atoms with Crippen LogP contribution in [0.15, 0.2) is 46.5 Å². The van der Waals surface area contributed by atoms with E-state index in [1.54, 1.807) is 27.3 Å². The summed E-state index contributed by atoms with van der Waals surface area (Å²) in [6.07, 6.45) is 8.25. The van der Waals surface area contributed by atoms with Crippen LogP contribution < -0.4 is 10.9 Å². The van der Waals surface area contributed by atoms with Crippen molar-refractivity contribution < 1.29 is 8.42 Å². The number of anilines is 2. The van der Waals surface area contributed by atoms with Gasteiger partial charge in [-0.3, -0.25) is 13.8 Å². The van der Waals surface area contributed by atoms with E-state index < -0.39 is 9.84 Å². The topological polar surface area (TPSA) is 124 Å². The molecule has 3 aromatic heterocycles. The lowest BCUT2D eigenvalue weighted by atomic mass is 10.2. The first-order chi connectivity index (χ1) is 14.4. The molecule has 1 aromatic carbocycles. The Labute approximate surface area is 171 Å². The summed E-state index contributed by atoms with van der Waals surface area (Å²) >= 11 is 0. The molecule has 0 saturated heterocycles. The number of hydrogen-bond donors (Lipinski definition) is 1. The van der Waals surface area contributed by atoms with E-state index in [9.17, 15) is 13.2 Å². The molecule has 1 aliphatic carbocycles. The third kappa shape index (κ3) is 3.11. The van der Waals surface area contributed by atoms with Crippen LogP contribution in [0.5, 0.6) is 0 Å². The van der Waals surface area contributed by atoms with E-state index >= 15 is 0 Å². The average molecular weight is 425 g/mol. The molecule has 0 atom stereocenters. The van der Waals surface area contributed by atoms with Crippen LogP contribution in [0.3, 0.4) is 0 Å². The highest BCUT2D eigenvalue weighted by atomic mass is 32.2. The summed E-state index contributed by atoms with van der Waals surface area (Å²) in [4.78, 5) is 22.3. The standard InChI is InChI=1S/C19H19N7O3S/c1-30(28,29)14-8-6-12(7-9-14)22-19-20-10-15-16(23-19)26(13-4-2-3-5-13)18(27)17-24-21-11-25(15)17/h6-11,13H,2-5H2,1H3,(H,20,22,23). The van der Waals surface area contributed by atoms with Gasteiger partial charge in [0.15, 0.2) is 15.5 Å². The number of nitrogens with one attached hydrogen (secondary N) is 1. The van der Waals surface area contributed by atoms with Crippen molar-refractivity contribution in [2.45, 2.75) is 36.6 Å². The predicted molar refractivity (Wildman–Crippen MR) is 111 cm³/mol. The maximum atomic E-state index is 13.1. The largest absolute Gasteiger partial charge is 0.324 e. The zero-order valence-electron chi connectivity index (χ0n) is 16.2. The van der Waals surface area contributed by atoms with Crippen molar-refractivity contribution in [1.82, 2.24) is 29.1 Å². The van der Waals surface area contributed by atoms with Crippen LogP contribution in [0, 0.1) is 0 Å². The van der Waals surface area contributed by atoms with E-state index in [4.69, 9.17) is 0 Å². The molecule has 30 heavy (non-hydrogen) atoms. The van der Waals surface area contributed by atoms with Crippen LogP contribution in [-0.4, -0.2) is 43.8 Å². The summed E-state index contributed by atoms with van der Waals surface area (Å²) in [5, 5.41) is 10.9. The Hall–Kier alpha value is -3.34. The summed E-state index contributed by atoms with van der Waals surface area (Å²) in [7, 11) is -3.27. The lowest BCUT2D eigenvalue weighted by Gasteiger charge is -2.17. The minimum Gasteiger partial charge on any atom is -0.324 e. The molecule has 1 saturated carbocycles. The van der Waals surface area contributed by atoms with Crippen molar-refractivity contribution >= 4 is 38.3 Å². The molecule has 0 amide bonds. The summed E-state index contributed by atoms with van der Waals surface area (Å²) in [6.45, 7) is 0. The fourth-order valence-corrected chi connectivity index (χ4v) is 4.58. The highest BCUT2D eigenvalue weighted by molar-refractivity contribution is 7.90. The molecule has 0 unspecified atom stereocenters. The molecule has 0 bridgehead atoms. The van der Waals surface area contributed by atoms with Gasteiger partial charge in [-0.25, -0.2) is 13.4 Å². The van der Waals surface area contributed by atoms with Gasteiger partial charge in [-0.2, -0.15) is 4.98 Å². The van der Waals surface area contributed by atoms with Gasteiger partial charge in [-0.05, 0) is 37.1 Å². The number of hydrogen-bond acceptors (Lipinski definition) is 8. The number of sulfone groups is 1. The molecular formula is C19H19N7O3S. The first-order valence-electron chi connectivity index (χ1n) is 9.60. The van der Waals surface area contributed by atoms with Crippen LogP contribution in [0.25, 0.3) is 16.8 Å². The molecule has 154 valence electrons. The number of fused-ring (bicyclic) bond motifs is 3. The first kappa shape index (κ1) is 18.7. The molecule has 1 fully saturated rings. The fourth-order valence-electron chi connectivity index (χ4n) is 3.95. The molecule has 0 aliphatic heterocycles. The van der Waals surface area contributed by atoms with Gasteiger partial charge in [0.2, 0.25) is 11.6 Å². The van der Waals surface area contributed by atoms with Gasteiger partial charge in [0.1, 0.15) is 11.8 Å². The molecule has 11 heteroatoms. The van der Waals surface area contributed by atoms with Gasteiger partial charge >= 0.3 is 0 Å². The Balaban J connectivity index is 1.62. The van der Waals surface area contributed by atoms with Crippen LogP contribution in [0.2, 0.25) is 0 Å². The average Bonchev–Trinajstić information content (AvgIpc) is 3.40. The minimum absolute atomic E-state index is 0.0681. The molecule has 4 aromatic rings. The van der Waals surface area contributed by atoms with Gasteiger partial charge in [-0.1, -0.05) is 12.8 Å². The van der Waals surface area contributed by atoms with E-state index in [0.717, 1.165) is 31.9 Å². The number of benzene rings is 1. The van der Waals surface area contributed by atoms with Gasteiger partial charge < -0.3 is 5.32 Å². The molecule has 0 spiro atoms. The minimum atomic E-state index is -3.27. The van der Waals surface area contributed by atoms with Gasteiger partial charge in [0.25, 0.3) is 5.56 Å². The Bertz CT molecular complexity index is 1420. The van der Waals surface area contributed by atoms with Crippen LogP contribution >= 0.6 is 0 Å². The summed E-state index contributed by atoms with van der Waals surface area (Å²) in [6, 6.07) is 6.41. The maximum Gasteiger partial charge on any atom is 0.298 e. The normalized spacial score (nSPS) is 15.2. The molecule has 3 heterocycles. The van der Waals surface area contributed by atoms with E-state index in [2.05, 4.69) is 25.5 Å². The van der Waals surface area contributed by atoms with Gasteiger partial charge in [-0.15, -0.1) is 10.2 Å². The second-order valence-corrected chi connectivity index (χ2v) is 9.48. The monoisotopic (exact) mass is 425 g/mol. The molecule has 1 N–H and O–H groups in total. The summed E-state index contributed by atoms with van der Waals surface area (Å²) in [5.41, 5.74) is 1.86. The first-order valence-corrected chi connectivity index (χ1v) is 11.5.